The van der Waals surface area contributed by atoms with Gasteiger partial charge in [-0.1, -0.05) is 60.7 Å². The van der Waals surface area contributed by atoms with Crippen LogP contribution in [0.1, 0.15) is 67.5 Å². The monoisotopic (exact) mass is 591 g/mol. The lowest BCUT2D eigenvalue weighted by molar-refractivity contribution is -0.137. The van der Waals surface area contributed by atoms with Crippen molar-refractivity contribution in [2.75, 3.05) is 13.1 Å². The van der Waals surface area contributed by atoms with Crippen LogP contribution in [0.5, 0.6) is 0 Å². The fraction of sp³-hybridized carbons (Fsp3) is 0.250. The zero-order valence-electron chi connectivity index (χ0n) is 22.7. The summed E-state index contributed by atoms with van der Waals surface area (Å²) in [5, 5.41) is 5.21. The Labute approximate surface area is 245 Å². The number of likely N-dealkylation sites (tertiary alicyclic amines) is 1. The number of Topliss-reactive ketones (excluding diaryl/α,β-unsaturated/α-hetero) is 1. The third-order valence-electron chi connectivity index (χ3n) is 7.37. The fourth-order valence-electron chi connectivity index (χ4n) is 5.03. The molecule has 0 saturated carbocycles. The first-order chi connectivity index (χ1) is 20.1. The van der Waals surface area contributed by atoms with E-state index >= 15 is 0 Å². The molecule has 1 N–H and O–H groups in total. The average molecular weight is 592 g/mol. The molecule has 1 saturated heterocycles. The molecule has 0 bridgehead atoms. The number of amides is 2. The van der Waals surface area contributed by atoms with Gasteiger partial charge in [0.15, 0.2) is 5.78 Å². The summed E-state index contributed by atoms with van der Waals surface area (Å²) in [6.45, 7) is 2.60. The summed E-state index contributed by atoms with van der Waals surface area (Å²) in [5.74, 6) is -0.701. The van der Waals surface area contributed by atoms with Crippen molar-refractivity contribution in [3.8, 4) is 11.1 Å². The number of aromatic nitrogens is 1. The molecular formula is C32H28F3N3O3S. The Bertz CT molecular complexity index is 1580. The Balaban J connectivity index is 1.20. The van der Waals surface area contributed by atoms with E-state index in [9.17, 15) is 27.6 Å². The van der Waals surface area contributed by atoms with E-state index in [1.54, 1.807) is 65.7 Å². The minimum Gasteiger partial charge on any atom is -0.341 e. The average Bonchev–Trinajstić information content (AvgIpc) is 3.51. The molecule has 1 aliphatic heterocycles. The number of nitrogens with zero attached hydrogens (tertiary/aromatic N) is 2. The van der Waals surface area contributed by atoms with Gasteiger partial charge in [-0.2, -0.15) is 13.2 Å². The summed E-state index contributed by atoms with van der Waals surface area (Å²) in [5.41, 5.74) is 1.58. The Morgan fingerprint density at radius 2 is 1.57 bits per heavy atom. The topological polar surface area (TPSA) is 79.4 Å². The summed E-state index contributed by atoms with van der Waals surface area (Å²) in [4.78, 5) is 45.1. The number of hydrogen-bond donors (Lipinski definition) is 1. The van der Waals surface area contributed by atoms with Gasteiger partial charge in [0.1, 0.15) is 5.69 Å². The molecule has 42 heavy (non-hydrogen) atoms. The highest BCUT2D eigenvalue weighted by molar-refractivity contribution is 7.09. The van der Waals surface area contributed by atoms with Gasteiger partial charge >= 0.3 is 6.18 Å². The minimum absolute atomic E-state index is 0.0779. The highest BCUT2D eigenvalue weighted by Crippen LogP contribution is 2.34. The van der Waals surface area contributed by atoms with Crippen molar-refractivity contribution < 1.29 is 27.6 Å². The zero-order valence-corrected chi connectivity index (χ0v) is 23.5. The van der Waals surface area contributed by atoms with Crippen molar-refractivity contribution in [1.82, 2.24) is 15.2 Å². The predicted octanol–water partition coefficient (Wildman–Crippen LogP) is 6.85. The van der Waals surface area contributed by atoms with E-state index in [0.29, 0.717) is 48.2 Å². The van der Waals surface area contributed by atoms with Crippen LogP contribution in [0.2, 0.25) is 0 Å². The van der Waals surface area contributed by atoms with Crippen LogP contribution in [0, 0.1) is 0 Å². The number of alkyl halides is 3. The largest absolute Gasteiger partial charge is 0.416 e. The maximum atomic E-state index is 13.5. The molecule has 1 aromatic heterocycles. The van der Waals surface area contributed by atoms with Crippen molar-refractivity contribution in [2.24, 2.45) is 0 Å². The zero-order chi connectivity index (χ0) is 29.9. The number of thiazole rings is 1. The van der Waals surface area contributed by atoms with Crippen LogP contribution >= 0.6 is 11.3 Å². The van der Waals surface area contributed by atoms with Crippen LogP contribution in [-0.2, 0) is 6.18 Å². The van der Waals surface area contributed by atoms with Crippen molar-refractivity contribution in [3.63, 3.8) is 0 Å². The van der Waals surface area contributed by atoms with Gasteiger partial charge in [0, 0.05) is 35.5 Å². The third kappa shape index (κ3) is 6.44. The molecule has 0 spiro atoms. The minimum atomic E-state index is -4.43. The van der Waals surface area contributed by atoms with E-state index in [1.165, 1.54) is 23.5 Å². The van der Waals surface area contributed by atoms with Gasteiger partial charge in [0.2, 0.25) is 0 Å². The van der Waals surface area contributed by atoms with Gasteiger partial charge in [0.25, 0.3) is 11.8 Å². The third-order valence-corrected chi connectivity index (χ3v) is 8.37. The van der Waals surface area contributed by atoms with Crippen LogP contribution in [0.15, 0.2) is 84.2 Å². The van der Waals surface area contributed by atoms with E-state index in [1.807, 2.05) is 6.07 Å². The Morgan fingerprint density at radius 1 is 0.929 bits per heavy atom. The Morgan fingerprint density at radius 3 is 2.24 bits per heavy atom. The normalized spacial score (nSPS) is 14.8. The van der Waals surface area contributed by atoms with Crippen molar-refractivity contribution in [3.05, 3.63) is 112 Å². The number of ketones is 1. The number of hydrogen-bond acceptors (Lipinski definition) is 5. The molecule has 4 aromatic rings. The number of rotatable bonds is 7. The number of benzene rings is 3. The first-order valence-corrected chi connectivity index (χ1v) is 14.4. The van der Waals surface area contributed by atoms with E-state index in [-0.39, 0.29) is 23.3 Å². The lowest BCUT2D eigenvalue weighted by Gasteiger charge is -2.31. The van der Waals surface area contributed by atoms with Crippen LogP contribution in [0.3, 0.4) is 0 Å². The molecule has 1 aliphatic rings. The van der Waals surface area contributed by atoms with Gasteiger partial charge in [-0.05, 0) is 49.1 Å². The van der Waals surface area contributed by atoms with Gasteiger partial charge in [-0.15, -0.1) is 11.3 Å². The number of carbonyl (C=O) groups excluding carboxylic acids is 3. The molecule has 1 unspecified atom stereocenters. The molecule has 2 amide bonds. The highest BCUT2D eigenvalue weighted by Gasteiger charge is 2.31. The Kier molecular flexibility index (Phi) is 8.54. The van der Waals surface area contributed by atoms with Crippen molar-refractivity contribution in [2.45, 2.75) is 37.9 Å². The molecule has 2 heterocycles. The summed E-state index contributed by atoms with van der Waals surface area (Å²) < 4.78 is 39.0. The molecule has 1 atom stereocenters. The maximum absolute atomic E-state index is 13.5. The molecule has 6 nitrogen and oxygen atoms in total. The van der Waals surface area contributed by atoms with Gasteiger partial charge < -0.3 is 10.2 Å². The van der Waals surface area contributed by atoms with Crippen LogP contribution < -0.4 is 5.32 Å². The lowest BCUT2D eigenvalue weighted by Crippen LogP contribution is -2.39. The second-order valence-corrected chi connectivity index (χ2v) is 11.1. The molecule has 0 aliphatic carbocycles. The van der Waals surface area contributed by atoms with Gasteiger partial charge in [-0.3, -0.25) is 14.4 Å². The van der Waals surface area contributed by atoms with Crippen molar-refractivity contribution >= 4 is 28.9 Å². The fourth-order valence-corrected chi connectivity index (χ4v) is 6.00. The predicted molar refractivity (Wildman–Crippen MR) is 155 cm³/mol. The second-order valence-electron chi connectivity index (χ2n) is 10.2. The first-order valence-electron chi connectivity index (χ1n) is 13.5. The van der Waals surface area contributed by atoms with Crippen molar-refractivity contribution in [1.29, 1.82) is 0 Å². The quantitative estimate of drug-likeness (QED) is 0.239. The Hall–Kier alpha value is -4.31. The van der Waals surface area contributed by atoms with Crippen LogP contribution in [0.4, 0.5) is 13.2 Å². The molecule has 10 heteroatoms. The molecule has 5 rings (SSSR count). The number of carbonyl (C=O) groups is 3. The summed E-state index contributed by atoms with van der Waals surface area (Å²) in [6.07, 6.45) is -3.11. The summed E-state index contributed by atoms with van der Waals surface area (Å²) in [7, 11) is 0. The van der Waals surface area contributed by atoms with E-state index in [2.05, 4.69) is 10.3 Å². The van der Waals surface area contributed by atoms with Gasteiger partial charge in [0.05, 0.1) is 16.6 Å². The molecule has 1 fully saturated rings. The molecule has 0 radical (unpaired) electrons. The first kappa shape index (κ1) is 29.2. The van der Waals surface area contributed by atoms with E-state index in [0.717, 1.165) is 17.1 Å². The number of piperidine rings is 1. The summed E-state index contributed by atoms with van der Waals surface area (Å²) in [6, 6.07) is 19.8. The van der Waals surface area contributed by atoms with E-state index < -0.39 is 23.7 Å². The van der Waals surface area contributed by atoms with Crippen LogP contribution in [-0.4, -0.2) is 46.6 Å². The summed E-state index contributed by atoms with van der Waals surface area (Å²) >= 11 is 1.38. The molecule has 216 valence electrons. The molecule has 3 aromatic carbocycles. The lowest BCUT2D eigenvalue weighted by atomic mass is 9.94. The van der Waals surface area contributed by atoms with E-state index in [4.69, 9.17) is 0 Å². The smallest absolute Gasteiger partial charge is 0.341 e. The molecular weight excluding hydrogens is 563 g/mol. The highest BCUT2D eigenvalue weighted by atomic mass is 32.1. The second kappa shape index (κ2) is 12.3. The van der Waals surface area contributed by atoms with Gasteiger partial charge in [-0.25, -0.2) is 4.98 Å². The number of nitrogens with one attached hydrogen (secondary N) is 1. The number of halogens is 3. The maximum Gasteiger partial charge on any atom is 0.416 e. The van der Waals surface area contributed by atoms with Crippen LogP contribution in [0.25, 0.3) is 11.1 Å². The standard InChI is InChI=1S/C32H28F3N3O3S/c1-20(28(39)22-7-3-2-4-8-22)36-29(40)27-19-42-30(37-27)23-15-17-38(18-16-23)31(41)26-10-6-5-9-25(26)21-11-13-24(14-12-21)32(33,34)35/h2-14,19-20,23H,15-18H2,1H3,(H,36,40). The SMILES string of the molecule is CC(NC(=O)c1csc(C2CCN(C(=O)c3ccccc3-c3ccc(C(F)(F)F)cc3)CC2)n1)C(=O)c1ccccc1.